The SMILES string of the molecule is CNC(C)CSc1cc(C)cc(C)n1. The van der Waals surface area contributed by atoms with E-state index in [1.807, 2.05) is 25.7 Å². The quantitative estimate of drug-likeness (QED) is 0.772. The molecule has 0 aromatic carbocycles. The fourth-order valence-electron chi connectivity index (χ4n) is 1.17. The summed E-state index contributed by atoms with van der Waals surface area (Å²) >= 11 is 1.81. The molecule has 1 heterocycles. The van der Waals surface area contributed by atoms with E-state index < -0.39 is 0 Å². The minimum absolute atomic E-state index is 0.530. The minimum Gasteiger partial charge on any atom is -0.316 e. The fraction of sp³-hybridized carbons (Fsp3) is 0.545. The van der Waals surface area contributed by atoms with E-state index >= 15 is 0 Å². The summed E-state index contributed by atoms with van der Waals surface area (Å²) in [5, 5.41) is 4.35. The number of aryl methyl sites for hydroxylation is 2. The van der Waals surface area contributed by atoms with E-state index in [1.165, 1.54) is 5.56 Å². The molecule has 0 spiro atoms. The summed E-state index contributed by atoms with van der Waals surface area (Å²) in [6, 6.07) is 4.77. The maximum Gasteiger partial charge on any atom is 0.0966 e. The zero-order valence-corrected chi connectivity index (χ0v) is 10.1. The molecule has 1 aromatic heterocycles. The molecule has 0 aliphatic carbocycles. The van der Waals surface area contributed by atoms with Gasteiger partial charge in [0.2, 0.25) is 0 Å². The van der Waals surface area contributed by atoms with E-state index in [4.69, 9.17) is 0 Å². The third-order valence-corrected chi connectivity index (χ3v) is 3.22. The van der Waals surface area contributed by atoms with Crippen LogP contribution in [0.3, 0.4) is 0 Å². The summed E-state index contributed by atoms with van der Waals surface area (Å²) in [5.41, 5.74) is 2.39. The zero-order chi connectivity index (χ0) is 10.6. The third kappa shape index (κ3) is 3.68. The lowest BCUT2D eigenvalue weighted by molar-refractivity contribution is 0.677. The van der Waals surface area contributed by atoms with Crippen molar-refractivity contribution in [3.05, 3.63) is 23.4 Å². The number of thioether (sulfide) groups is 1. The molecule has 2 nitrogen and oxygen atoms in total. The number of pyridine rings is 1. The maximum absolute atomic E-state index is 4.48. The van der Waals surface area contributed by atoms with Crippen LogP contribution >= 0.6 is 11.8 Å². The topological polar surface area (TPSA) is 24.9 Å². The average Bonchev–Trinajstić information content (AvgIpc) is 2.12. The highest BCUT2D eigenvalue weighted by Crippen LogP contribution is 2.18. The Morgan fingerprint density at radius 3 is 2.71 bits per heavy atom. The lowest BCUT2D eigenvalue weighted by Gasteiger charge is -2.09. The molecule has 1 N–H and O–H groups in total. The van der Waals surface area contributed by atoms with Crippen molar-refractivity contribution in [3.8, 4) is 0 Å². The molecule has 0 bridgehead atoms. The summed E-state index contributed by atoms with van der Waals surface area (Å²) in [4.78, 5) is 4.48. The van der Waals surface area contributed by atoms with Gasteiger partial charge < -0.3 is 5.32 Å². The fourth-order valence-corrected chi connectivity index (χ4v) is 2.24. The van der Waals surface area contributed by atoms with Crippen molar-refractivity contribution in [2.75, 3.05) is 12.8 Å². The van der Waals surface area contributed by atoms with Crippen LogP contribution in [0.15, 0.2) is 17.2 Å². The minimum atomic E-state index is 0.530. The molecule has 0 aliphatic rings. The molecule has 1 atom stereocenters. The van der Waals surface area contributed by atoms with Crippen molar-refractivity contribution >= 4 is 11.8 Å². The molecule has 1 aromatic rings. The Morgan fingerprint density at radius 2 is 2.14 bits per heavy atom. The highest BCUT2D eigenvalue weighted by atomic mass is 32.2. The van der Waals surface area contributed by atoms with Crippen LogP contribution in [0.5, 0.6) is 0 Å². The van der Waals surface area contributed by atoms with Crippen molar-refractivity contribution in [2.45, 2.75) is 31.8 Å². The van der Waals surface area contributed by atoms with Gasteiger partial charge in [0.25, 0.3) is 0 Å². The Hall–Kier alpha value is -0.540. The van der Waals surface area contributed by atoms with Crippen molar-refractivity contribution in [3.63, 3.8) is 0 Å². The smallest absolute Gasteiger partial charge is 0.0966 e. The molecule has 0 fully saturated rings. The second kappa shape index (κ2) is 5.37. The highest BCUT2D eigenvalue weighted by Gasteiger charge is 2.02. The van der Waals surface area contributed by atoms with Crippen LogP contribution in [-0.4, -0.2) is 23.8 Å². The third-order valence-electron chi connectivity index (χ3n) is 2.05. The van der Waals surface area contributed by atoms with Crippen LogP contribution in [0, 0.1) is 13.8 Å². The van der Waals surface area contributed by atoms with Gasteiger partial charge in [-0.3, -0.25) is 0 Å². The van der Waals surface area contributed by atoms with Gasteiger partial charge in [0.1, 0.15) is 0 Å². The first-order valence-electron chi connectivity index (χ1n) is 4.87. The predicted octanol–water partition coefficient (Wildman–Crippen LogP) is 2.40. The summed E-state index contributed by atoms with van der Waals surface area (Å²) in [6.07, 6.45) is 0. The first kappa shape index (κ1) is 11.5. The van der Waals surface area contributed by atoms with Gasteiger partial charge in [-0.05, 0) is 45.5 Å². The second-order valence-electron chi connectivity index (χ2n) is 3.62. The monoisotopic (exact) mass is 210 g/mol. The summed E-state index contributed by atoms with van der Waals surface area (Å²) in [5.74, 6) is 1.06. The van der Waals surface area contributed by atoms with Crippen LogP contribution in [0.1, 0.15) is 18.2 Å². The molecular weight excluding hydrogens is 192 g/mol. The van der Waals surface area contributed by atoms with Crippen molar-refractivity contribution in [2.24, 2.45) is 0 Å². The maximum atomic E-state index is 4.48. The number of rotatable bonds is 4. The molecule has 0 saturated carbocycles. The van der Waals surface area contributed by atoms with Gasteiger partial charge in [0.15, 0.2) is 0 Å². The Labute approximate surface area is 90.5 Å². The first-order valence-corrected chi connectivity index (χ1v) is 5.85. The van der Waals surface area contributed by atoms with Crippen LogP contribution in [0.2, 0.25) is 0 Å². The summed E-state index contributed by atoms with van der Waals surface area (Å²) in [7, 11) is 1.99. The molecule has 1 unspecified atom stereocenters. The van der Waals surface area contributed by atoms with Crippen LogP contribution in [0.25, 0.3) is 0 Å². The van der Waals surface area contributed by atoms with Crippen LogP contribution < -0.4 is 5.32 Å². The molecular formula is C11H18N2S. The number of nitrogens with zero attached hydrogens (tertiary/aromatic N) is 1. The van der Waals surface area contributed by atoms with E-state index in [1.54, 1.807) is 0 Å². The normalized spacial score (nSPS) is 12.9. The van der Waals surface area contributed by atoms with E-state index in [-0.39, 0.29) is 0 Å². The summed E-state index contributed by atoms with van der Waals surface area (Å²) in [6.45, 7) is 6.33. The Morgan fingerprint density at radius 1 is 1.43 bits per heavy atom. The molecule has 0 saturated heterocycles. The number of hydrogen-bond acceptors (Lipinski definition) is 3. The molecule has 78 valence electrons. The molecule has 0 aliphatic heterocycles. The lowest BCUT2D eigenvalue weighted by Crippen LogP contribution is -2.23. The molecule has 0 radical (unpaired) electrons. The first-order chi connectivity index (χ1) is 6.61. The molecule has 3 heteroatoms. The number of nitrogens with one attached hydrogen (secondary N) is 1. The van der Waals surface area contributed by atoms with Gasteiger partial charge in [-0.25, -0.2) is 4.98 Å². The van der Waals surface area contributed by atoms with E-state index in [9.17, 15) is 0 Å². The van der Waals surface area contributed by atoms with E-state index in [0.717, 1.165) is 16.5 Å². The van der Waals surface area contributed by atoms with Gasteiger partial charge in [-0.1, -0.05) is 0 Å². The van der Waals surface area contributed by atoms with Crippen molar-refractivity contribution < 1.29 is 0 Å². The summed E-state index contributed by atoms with van der Waals surface area (Å²) < 4.78 is 0. The zero-order valence-electron chi connectivity index (χ0n) is 9.29. The Bertz CT molecular complexity index is 279. The van der Waals surface area contributed by atoms with Crippen molar-refractivity contribution in [1.29, 1.82) is 0 Å². The number of aromatic nitrogens is 1. The standard InChI is InChI=1S/C11H18N2S/c1-8-5-9(2)13-11(6-8)14-7-10(3)12-4/h5-6,10,12H,7H2,1-4H3. The largest absolute Gasteiger partial charge is 0.316 e. The average molecular weight is 210 g/mol. The predicted molar refractivity (Wildman–Crippen MR) is 63.0 cm³/mol. The Kier molecular flexibility index (Phi) is 4.42. The van der Waals surface area contributed by atoms with Gasteiger partial charge in [-0.15, -0.1) is 11.8 Å². The molecule has 14 heavy (non-hydrogen) atoms. The van der Waals surface area contributed by atoms with Gasteiger partial charge in [-0.2, -0.15) is 0 Å². The second-order valence-corrected chi connectivity index (χ2v) is 4.67. The molecule has 1 rings (SSSR count). The van der Waals surface area contributed by atoms with Gasteiger partial charge >= 0.3 is 0 Å². The van der Waals surface area contributed by atoms with E-state index in [2.05, 4.69) is 36.3 Å². The van der Waals surface area contributed by atoms with Gasteiger partial charge in [0.05, 0.1) is 5.03 Å². The van der Waals surface area contributed by atoms with Crippen molar-refractivity contribution in [1.82, 2.24) is 10.3 Å². The van der Waals surface area contributed by atoms with Gasteiger partial charge in [0, 0.05) is 17.5 Å². The molecule has 0 amide bonds. The van der Waals surface area contributed by atoms with E-state index in [0.29, 0.717) is 6.04 Å². The van der Waals surface area contributed by atoms with Crippen LogP contribution in [0.4, 0.5) is 0 Å². The van der Waals surface area contributed by atoms with Crippen LogP contribution in [-0.2, 0) is 0 Å². The highest BCUT2D eigenvalue weighted by molar-refractivity contribution is 7.99. The Balaban J connectivity index is 2.58. The lowest BCUT2D eigenvalue weighted by atomic mass is 10.3. The number of hydrogen-bond donors (Lipinski definition) is 1.